The van der Waals surface area contributed by atoms with Gasteiger partial charge in [-0.05, 0) is 36.1 Å². The van der Waals surface area contributed by atoms with Crippen molar-refractivity contribution in [3.05, 3.63) is 33.8 Å². The van der Waals surface area contributed by atoms with Crippen LogP contribution in [-0.2, 0) is 4.79 Å². The lowest BCUT2D eigenvalue weighted by molar-refractivity contribution is -0.108. The van der Waals surface area contributed by atoms with E-state index >= 15 is 0 Å². The SMILES string of the molecule is Cc1ccc(Br)cc1C(C)CC=O. The molecule has 0 heterocycles. The molecule has 0 saturated heterocycles. The van der Waals surface area contributed by atoms with Crippen LogP contribution in [0.15, 0.2) is 22.7 Å². The molecule has 0 aliphatic rings. The van der Waals surface area contributed by atoms with Gasteiger partial charge in [0, 0.05) is 10.9 Å². The van der Waals surface area contributed by atoms with Crippen molar-refractivity contribution in [1.82, 2.24) is 0 Å². The maximum Gasteiger partial charge on any atom is 0.120 e. The topological polar surface area (TPSA) is 17.1 Å². The average molecular weight is 241 g/mol. The second kappa shape index (κ2) is 4.56. The zero-order chi connectivity index (χ0) is 9.84. The monoisotopic (exact) mass is 240 g/mol. The number of carbonyl (C=O) groups excluding carboxylic acids is 1. The molecule has 1 aromatic carbocycles. The highest BCUT2D eigenvalue weighted by Crippen LogP contribution is 2.25. The number of benzene rings is 1. The molecule has 1 rings (SSSR count). The third-order valence-corrected chi connectivity index (χ3v) is 2.72. The van der Waals surface area contributed by atoms with Gasteiger partial charge in [0.1, 0.15) is 6.29 Å². The van der Waals surface area contributed by atoms with Gasteiger partial charge in [0.15, 0.2) is 0 Å². The first-order valence-electron chi connectivity index (χ1n) is 4.35. The first-order valence-corrected chi connectivity index (χ1v) is 5.14. The molecule has 0 N–H and O–H groups in total. The van der Waals surface area contributed by atoms with E-state index in [9.17, 15) is 4.79 Å². The van der Waals surface area contributed by atoms with Crippen LogP contribution in [0.4, 0.5) is 0 Å². The molecule has 1 nitrogen and oxygen atoms in total. The Morgan fingerprint density at radius 3 is 2.85 bits per heavy atom. The van der Waals surface area contributed by atoms with E-state index in [4.69, 9.17) is 0 Å². The summed E-state index contributed by atoms with van der Waals surface area (Å²) >= 11 is 3.43. The maximum atomic E-state index is 10.4. The van der Waals surface area contributed by atoms with Gasteiger partial charge in [-0.3, -0.25) is 0 Å². The quantitative estimate of drug-likeness (QED) is 0.740. The first-order chi connectivity index (χ1) is 6.15. The number of hydrogen-bond acceptors (Lipinski definition) is 1. The van der Waals surface area contributed by atoms with Crippen molar-refractivity contribution in [2.24, 2.45) is 0 Å². The van der Waals surface area contributed by atoms with Crippen LogP contribution in [0.1, 0.15) is 30.4 Å². The number of aldehydes is 1. The number of rotatable bonds is 3. The number of halogens is 1. The Morgan fingerprint density at radius 1 is 1.54 bits per heavy atom. The van der Waals surface area contributed by atoms with Crippen molar-refractivity contribution in [1.29, 1.82) is 0 Å². The average Bonchev–Trinajstić information content (AvgIpc) is 2.09. The molecule has 0 amide bonds. The molecule has 0 radical (unpaired) electrons. The van der Waals surface area contributed by atoms with E-state index in [1.54, 1.807) is 0 Å². The van der Waals surface area contributed by atoms with E-state index in [-0.39, 0.29) is 0 Å². The molecule has 0 aliphatic carbocycles. The van der Waals surface area contributed by atoms with E-state index < -0.39 is 0 Å². The molecule has 0 fully saturated rings. The second-order valence-electron chi connectivity index (χ2n) is 3.30. The van der Waals surface area contributed by atoms with Gasteiger partial charge in [-0.1, -0.05) is 28.9 Å². The van der Waals surface area contributed by atoms with Crippen LogP contribution < -0.4 is 0 Å². The van der Waals surface area contributed by atoms with Crippen LogP contribution in [0.25, 0.3) is 0 Å². The Bertz CT molecular complexity index is 307. The lowest BCUT2D eigenvalue weighted by atomic mass is 9.94. The lowest BCUT2D eigenvalue weighted by Crippen LogP contribution is -1.97. The van der Waals surface area contributed by atoms with Crippen LogP contribution >= 0.6 is 15.9 Å². The molecule has 0 bridgehead atoms. The van der Waals surface area contributed by atoms with Crippen LogP contribution in [0.3, 0.4) is 0 Å². The van der Waals surface area contributed by atoms with Crippen molar-refractivity contribution in [2.45, 2.75) is 26.2 Å². The van der Waals surface area contributed by atoms with Crippen LogP contribution in [0.5, 0.6) is 0 Å². The Labute approximate surface area is 87.3 Å². The summed E-state index contributed by atoms with van der Waals surface area (Å²) in [7, 11) is 0. The highest BCUT2D eigenvalue weighted by atomic mass is 79.9. The Balaban J connectivity index is 2.97. The standard InChI is InChI=1S/C11H13BrO/c1-8-3-4-10(12)7-11(8)9(2)5-6-13/h3-4,6-7,9H,5H2,1-2H3. The summed E-state index contributed by atoms with van der Waals surface area (Å²) in [6.45, 7) is 4.15. The fourth-order valence-electron chi connectivity index (χ4n) is 1.41. The minimum absolute atomic E-state index is 0.315. The predicted molar refractivity (Wildman–Crippen MR) is 58.0 cm³/mol. The van der Waals surface area contributed by atoms with Gasteiger partial charge < -0.3 is 4.79 Å². The minimum Gasteiger partial charge on any atom is -0.303 e. The summed E-state index contributed by atoms with van der Waals surface area (Å²) < 4.78 is 1.07. The molecule has 1 unspecified atom stereocenters. The normalized spacial score (nSPS) is 12.5. The molecule has 1 aromatic rings. The summed E-state index contributed by atoms with van der Waals surface area (Å²) in [6, 6.07) is 6.18. The van der Waals surface area contributed by atoms with E-state index in [1.807, 2.05) is 6.07 Å². The predicted octanol–water partition coefficient (Wildman–Crippen LogP) is 3.45. The van der Waals surface area contributed by atoms with E-state index in [0.29, 0.717) is 12.3 Å². The van der Waals surface area contributed by atoms with Crippen LogP contribution in [0.2, 0.25) is 0 Å². The van der Waals surface area contributed by atoms with Gasteiger partial charge >= 0.3 is 0 Å². The largest absolute Gasteiger partial charge is 0.303 e. The molecule has 70 valence electrons. The number of aryl methyl sites for hydroxylation is 1. The highest BCUT2D eigenvalue weighted by molar-refractivity contribution is 9.10. The fraction of sp³-hybridized carbons (Fsp3) is 0.364. The zero-order valence-electron chi connectivity index (χ0n) is 7.88. The molecule has 0 saturated carbocycles. The van der Waals surface area contributed by atoms with Gasteiger partial charge in [-0.25, -0.2) is 0 Å². The maximum absolute atomic E-state index is 10.4. The molecule has 2 heteroatoms. The number of hydrogen-bond donors (Lipinski definition) is 0. The van der Waals surface area contributed by atoms with Crippen molar-refractivity contribution in [3.63, 3.8) is 0 Å². The summed E-state index contributed by atoms with van der Waals surface area (Å²) in [5.41, 5.74) is 2.50. The van der Waals surface area contributed by atoms with Gasteiger partial charge in [0.2, 0.25) is 0 Å². The van der Waals surface area contributed by atoms with Crippen molar-refractivity contribution in [2.75, 3.05) is 0 Å². The Hall–Kier alpha value is -0.630. The second-order valence-corrected chi connectivity index (χ2v) is 4.22. The molecule has 1 atom stereocenters. The molecule has 0 aliphatic heterocycles. The van der Waals surface area contributed by atoms with Crippen molar-refractivity contribution < 1.29 is 4.79 Å². The van der Waals surface area contributed by atoms with Gasteiger partial charge in [0.05, 0.1) is 0 Å². The summed E-state index contributed by atoms with van der Waals surface area (Å²) in [5.74, 6) is 0.315. The van der Waals surface area contributed by atoms with Crippen LogP contribution in [-0.4, -0.2) is 6.29 Å². The molecule has 0 aromatic heterocycles. The summed E-state index contributed by atoms with van der Waals surface area (Å²) in [4.78, 5) is 10.4. The first kappa shape index (κ1) is 10.5. The van der Waals surface area contributed by atoms with Crippen molar-refractivity contribution in [3.8, 4) is 0 Å². The Morgan fingerprint density at radius 2 is 2.23 bits per heavy atom. The summed E-state index contributed by atoms with van der Waals surface area (Å²) in [6.07, 6.45) is 1.57. The number of carbonyl (C=O) groups is 1. The smallest absolute Gasteiger partial charge is 0.120 e. The third-order valence-electron chi connectivity index (χ3n) is 2.22. The Kier molecular flexibility index (Phi) is 3.67. The highest BCUT2D eigenvalue weighted by Gasteiger charge is 2.07. The zero-order valence-corrected chi connectivity index (χ0v) is 9.47. The summed E-state index contributed by atoms with van der Waals surface area (Å²) in [5, 5.41) is 0. The fourth-order valence-corrected chi connectivity index (χ4v) is 1.79. The molecular weight excluding hydrogens is 228 g/mol. The lowest BCUT2D eigenvalue weighted by Gasteiger charge is -2.11. The molecule has 13 heavy (non-hydrogen) atoms. The van der Waals surface area contributed by atoms with Gasteiger partial charge in [0.25, 0.3) is 0 Å². The molecular formula is C11H13BrO. The van der Waals surface area contributed by atoms with Crippen molar-refractivity contribution >= 4 is 22.2 Å². The van der Waals surface area contributed by atoms with E-state index in [0.717, 1.165) is 10.8 Å². The minimum atomic E-state index is 0.315. The van der Waals surface area contributed by atoms with E-state index in [1.165, 1.54) is 11.1 Å². The van der Waals surface area contributed by atoms with E-state index in [2.05, 4.69) is 41.9 Å². The third kappa shape index (κ3) is 2.66. The van der Waals surface area contributed by atoms with Crippen LogP contribution in [0, 0.1) is 6.92 Å². The van der Waals surface area contributed by atoms with Gasteiger partial charge in [-0.2, -0.15) is 0 Å². The van der Waals surface area contributed by atoms with Gasteiger partial charge in [-0.15, -0.1) is 0 Å². The molecule has 0 spiro atoms.